The molecule has 1 aliphatic heterocycles. The molecule has 21 heavy (non-hydrogen) atoms. The van der Waals surface area contributed by atoms with E-state index in [1.165, 1.54) is 16.7 Å². The molecule has 0 saturated heterocycles. The van der Waals surface area contributed by atoms with Gasteiger partial charge in [0.2, 0.25) is 0 Å². The van der Waals surface area contributed by atoms with Crippen molar-refractivity contribution in [2.75, 3.05) is 13.1 Å². The summed E-state index contributed by atoms with van der Waals surface area (Å²) in [6, 6.07) is 19.3. The summed E-state index contributed by atoms with van der Waals surface area (Å²) in [5, 5.41) is 6.62. The molecule has 0 saturated carbocycles. The topological polar surface area (TPSA) is 36.4 Å². The molecule has 0 aromatic heterocycles. The normalized spacial score (nSPS) is 13.6. The Kier molecular flexibility index (Phi) is 4.52. The lowest BCUT2D eigenvalue weighted by atomic mass is 10.00. The van der Waals surface area contributed by atoms with Crippen molar-refractivity contribution in [3.63, 3.8) is 0 Å². The average Bonchev–Trinajstić information content (AvgIpc) is 3.06. The highest BCUT2D eigenvalue weighted by atomic mass is 15.2. The van der Waals surface area contributed by atoms with Crippen LogP contribution >= 0.6 is 0 Å². The van der Waals surface area contributed by atoms with Crippen LogP contribution in [0, 0.1) is 0 Å². The van der Waals surface area contributed by atoms with E-state index in [9.17, 15) is 0 Å². The molecule has 3 nitrogen and oxygen atoms in total. The lowest BCUT2D eigenvalue weighted by Gasteiger charge is -2.11. The largest absolute Gasteiger partial charge is 0.355 e. The van der Waals surface area contributed by atoms with Gasteiger partial charge in [-0.15, -0.1) is 0 Å². The zero-order valence-electron chi connectivity index (χ0n) is 12.2. The Balaban J connectivity index is 1.62. The summed E-state index contributed by atoms with van der Waals surface area (Å²) in [5.74, 6) is 0.924. The van der Waals surface area contributed by atoms with Gasteiger partial charge in [0.15, 0.2) is 5.96 Å². The number of rotatable bonds is 5. The Morgan fingerprint density at radius 1 is 0.905 bits per heavy atom. The van der Waals surface area contributed by atoms with Crippen LogP contribution in [-0.2, 0) is 19.4 Å². The predicted octanol–water partition coefficient (Wildman–Crippen LogP) is 2.52. The second kappa shape index (κ2) is 6.93. The molecular weight excluding hydrogens is 258 g/mol. The van der Waals surface area contributed by atoms with Gasteiger partial charge in [-0.05, 0) is 29.5 Å². The van der Waals surface area contributed by atoms with Crippen molar-refractivity contribution in [3.05, 3.63) is 71.3 Å². The Bertz CT molecular complexity index is 605. The monoisotopic (exact) mass is 279 g/mol. The van der Waals surface area contributed by atoms with Crippen molar-refractivity contribution in [3.8, 4) is 0 Å². The Labute approximate surface area is 126 Å². The SMILES string of the molecule is c1ccc(CCc2ccccc2CNC2=NCCN2)cc1. The van der Waals surface area contributed by atoms with Crippen LogP contribution in [0.25, 0.3) is 0 Å². The molecule has 2 N–H and O–H groups in total. The van der Waals surface area contributed by atoms with Crippen molar-refractivity contribution in [1.82, 2.24) is 10.6 Å². The van der Waals surface area contributed by atoms with Crippen LogP contribution in [0.4, 0.5) is 0 Å². The summed E-state index contributed by atoms with van der Waals surface area (Å²) in [5.41, 5.74) is 4.15. The first-order valence-corrected chi connectivity index (χ1v) is 7.55. The minimum absolute atomic E-state index is 0.830. The van der Waals surface area contributed by atoms with E-state index in [-0.39, 0.29) is 0 Å². The van der Waals surface area contributed by atoms with Crippen molar-refractivity contribution in [2.45, 2.75) is 19.4 Å². The van der Waals surface area contributed by atoms with Crippen LogP contribution in [-0.4, -0.2) is 19.0 Å². The zero-order chi connectivity index (χ0) is 14.3. The van der Waals surface area contributed by atoms with Gasteiger partial charge in [0.05, 0.1) is 6.54 Å². The van der Waals surface area contributed by atoms with Crippen LogP contribution < -0.4 is 10.6 Å². The summed E-state index contributed by atoms with van der Waals surface area (Å²) in [6.45, 7) is 2.65. The molecule has 0 radical (unpaired) electrons. The van der Waals surface area contributed by atoms with Gasteiger partial charge in [-0.1, -0.05) is 54.6 Å². The van der Waals surface area contributed by atoms with E-state index >= 15 is 0 Å². The fraction of sp³-hybridized carbons (Fsp3) is 0.278. The summed E-state index contributed by atoms with van der Waals surface area (Å²) >= 11 is 0. The van der Waals surface area contributed by atoms with Gasteiger partial charge >= 0.3 is 0 Å². The highest BCUT2D eigenvalue weighted by molar-refractivity contribution is 5.81. The van der Waals surface area contributed by atoms with Gasteiger partial charge in [-0.2, -0.15) is 0 Å². The highest BCUT2D eigenvalue weighted by Gasteiger charge is 2.06. The fourth-order valence-corrected chi connectivity index (χ4v) is 2.59. The maximum atomic E-state index is 4.37. The first-order chi connectivity index (χ1) is 10.4. The smallest absolute Gasteiger partial charge is 0.191 e. The van der Waals surface area contributed by atoms with Crippen molar-refractivity contribution < 1.29 is 0 Å². The third kappa shape index (κ3) is 3.85. The van der Waals surface area contributed by atoms with E-state index < -0.39 is 0 Å². The van der Waals surface area contributed by atoms with Crippen molar-refractivity contribution in [1.29, 1.82) is 0 Å². The molecule has 0 amide bonds. The predicted molar refractivity (Wildman–Crippen MR) is 87.4 cm³/mol. The third-order valence-corrected chi connectivity index (χ3v) is 3.76. The van der Waals surface area contributed by atoms with Crippen LogP contribution in [0.2, 0.25) is 0 Å². The molecule has 0 fully saturated rings. The number of aliphatic imine (C=N–C) groups is 1. The van der Waals surface area contributed by atoms with Gasteiger partial charge < -0.3 is 10.6 Å². The van der Waals surface area contributed by atoms with E-state index in [2.05, 4.69) is 70.2 Å². The third-order valence-electron chi connectivity index (χ3n) is 3.76. The molecule has 0 aliphatic carbocycles. The van der Waals surface area contributed by atoms with Crippen molar-refractivity contribution in [2.24, 2.45) is 4.99 Å². The Morgan fingerprint density at radius 2 is 1.67 bits per heavy atom. The molecule has 2 aromatic carbocycles. The lowest BCUT2D eigenvalue weighted by Crippen LogP contribution is -2.33. The number of hydrogen-bond donors (Lipinski definition) is 2. The fourth-order valence-electron chi connectivity index (χ4n) is 2.59. The first kappa shape index (κ1) is 13.7. The first-order valence-electron chi connectivity index (χ1n) is 7.55. The molecule has 0 spiro atoms. The molecular formula is C18H21N3. The highest BCUT2D eigenvalue weighted by Crippen LogP contribution is 2.12. The molecule has 1 aliphatic rings. The second-order valence-corrected chi connectivity index (χ2v) is 5.26. The number of benzene rings is 2. The summed E-state index contributed by atoms with van der Waals surface area (Å²) in [6.07, 6.45) is 2.15. The van der Waals surface area contributed by atoms with Crippen LogP contribution in [0.3, 0.4) is 0 Å². The maximum absolute atomic E-state index is 4.37. The molecule has 0 bridgehead atoms. The van der Waals surface area contributed by atoms with E-state index in [4.69, 9.17) is 0 Å². The number of nitrogens with one attached hydrogen (secondary N) is 2. The standard InChI is InChI=1S/C18H21N3/c1-2-6-15(7-3-1)10-11-16-8-4-5-9-17(16)14-21-18-19-12-13-20-18/h1-9H,10-14H2,(H2,19,20,21). The van der Waals surface area contributed by atoms with E-state index in [0.717, 1.165) is 38.4 Å². The minimum atomic E-state index is 0.830. The van der Waals surface area contributed by atoms with Gasteiger partial charge in [0.1, 0.15) is 0 Å². The van der Waals surface area contributed by atoms with Gasteiger partial charge in [-0.25, -0.2) is 0 Å². The van der Waals surface area contributed by atoms with Crippen LogP contribution in [0.15, 0.2) is 59.6 Å². The van der Waals surface area contributed by atoms with E-state index in [1.807, 2.05) is 0 Å². The summed E-state index contributed by atoms with van der Waals surface area (Å²) < 4.78 is 0. The molecule has 2 aromatic rings. The molecule has 108 valence electrons. The van der Waals surface area contributed by atoms with Crippen LogP contribution in [0.1, 0.15) is 16.7 Å². The molecule has 3 heteroatoms. The summed E-state index contributed by atoms with van der Waals surface area (Å²) in [7, 11) is 0. The van der Waals surface area contributed by atoms with Gasteiger partial charge in [0.25, 0.3) is 0 Å². The van der Waals surface area contributed by atoms with Gasteiger partial charge in [-0.3, -0.25) is 4.99 Å². The van der Waals surface area contributed by atoms with Crippen molar-refractivity contribution >= 4 is 5.96 Å². The maximum Gasteiger partial charge on any atom is 0.191 e. The molecule has 3 rings (SSSR count). The average molecular weight is 279 g/mol. The Morgan fingerprint density at radius 3 is 2.43 bits per heavy atom. The number of aryl methyl sites for hydroxylation is 2. The number of guanidine groups is 1. The van der Waals surface area contributed by atoms with Crippen LogP contribution in [0.5, 0.6) is 0 Å². The quantitative estimate of drug-likeness (QED) is 0.882. The second-order valence-electron chi connectivity index (χ2n) is 5.26. The lowest BCUT2D eigenvalue weighted by molar-refractivity contribution is 0.842. The molecule has 0 unspecified atom stereocenters. The number of nitrogens with zero attached hydrogens (tertiary/aromatic N) is 1. The van der Waals surface area contributed by atoms with E-state index in [0.29, 0.717) is 0 Å². The molecule has 0 atom stereocenters. The number of hydrogen-bond acceptors (Lipinski definition) is 3. The van der Waals surface area contributed by atoms with E-state index in [1.54, 1.807) is 0 Å². The zero-order valence-corrected chi connectivity index (χ0v) is 12.2. The summed E-state index contributed by atoms with van der Waals surface area (Å²) in [4.78, 5) is 4.37. The Hall–Kier alpha value is -2.29. The van der Waals surface area contributed by atoms with Gasteiger partial charge in [0, 0.05) is 13.1 Å². The minimum Gasteiger partial charge on any atom is -0.355 e. The molecule has 1 heterocycles.